The van der Waals surface area contributed by atoms with E-state index >= 15 is 0 Å². The predicted molar refractivity (Wildman–Crippen MR) is 215 cm³/mol. The molecule has 1 fully saturated rings. The van der Waals surface area contributed by atoms with E-state index in [1.165, 1.54) is 0 Å². The molecule has 2 heterocycles. The van der Waals surface area contributed by atoms with E-state index < -0.39 is 41.9 Å². The van der Waals surface area contributed by atoms with E-state index in [0.717, 1.165) is 54.7 Å². The van der Waals surface area contributed by atoms with Crippen LogP contribution >= 0.6 is 11.3 Å². The minimum Gasteiger partial charge on any atom is -0.508 e. The lowest BCUT2D eigenvalue weighted by atomic mass is 9.82. The van der Waals surface area contributed by atoms with Gasteiger partial charge in [0.2, 0.25) is 5.91 Å². The zero-order valence-corrected chi connectivity index (χ0v) is 34.0. The number of aromatic nitrogens is 1. The van der Waals surface area contributed by atoms with Crippen molar-refractivity contribution < 1.29 is 34.5 Å². The van der Waals surface area contributed by atoms with Crippen LogP contribution in [0.5, 0.6) is 5.75 Å². The van der Waals surface area contributed by atoms with Crippen molar-refractivity contribution in [1.29, 1.82) is 0 Å². The number of thiazole rings is 1. The Labute approximate surface area is 330 Å². The SMILES string of the molecule is CCC(C)C(CC(=O)C1CCCCN1C)C(=O)N(Cc1ccccc1)[C@H](C[C@@H](O)c1nc(C(=O)N[C@@H](Cc2ccc(O)cc2)C[C@H](C)C(=O)O)cs1)C(C)C. The van der Waals surface area contributed by atoms with Gasteiger partial charge < -0.3 is 25.5 Å². The number of phenols is 1. The van der Waals surface area contributed by atoms with E-state index in [0.29, 0.717) is 18.0 Å². The molecule has 1 aliphatic heterocycles. The molecule has 2 aromatic carbocycles. The fraction of sp³-hybridized carbons (Fsp3) is 0.558. The monoisotopic (exact) mass is 776 g/mol. The van der Waals surface area contributed by atoms with Crippen LogP contribution in [0, 0.1) is 23.7 Å². The van der Waals surface area contributed by atoms with E-state index in [-0.39, 0.29) is 60.3 Å². The van der Waals surface area contributed by atoms with Crippen molar-refractivity contribution in [2.24, 2.45) is 23.7 Å². The highest BCUT2D eigenvalue weighted by Crippen LogP contribution is 2.33. The first-order chi connectivity index (χ1) is 26.2. The zero-order valence-electron chi connectivity index (χ0n) is 33.2. The highest BCUT2D eigenvalue weighted by atomic mass is 32.1. The van der Waals surface area contributed by atoms with Crippen molar-refractivity contribution in [3.8, 4) is 5.75 Å². The van der Waals surface area contributed by atoms with Crippen LogP contribution in [0.25, 0.3) is 0 Å². The van der Waals surface area contributed by atoms with Crippen LogP contribution in [0.3, 0.4) is 0 Å². The number of likely N-dealkylation sites (N-methyl/N-ethyl adjacent to an activating group) is 1. The fourth-order valence-corrected chi connectivity index (χ4v) is 8.33. The Morgan fingerprint density at radius 3 is 2.29 bits per heavy atom. The fourth-order valence-electron chi connectivity index (χ4n) is 7.53. The molecule has 12 heteroatoms. The maximum absolute atomic E-state index is 14.8. The summed E-state index contributed by atoms with van der Waals surface area (Å²) in [7, 11) is 1.99. The lowest BCUT2D eigenvalue weighted by Crippen LogP contribution is -2.49. The summed E-state index contributed by atoms with van der Waals surface area (Å²) in [6.07, 6.45) is 3.42. The van der Waals surface area contributed by atoms with Crippen molar-refractivity contribution in [2.75, 3.05) is 13.6 Å². The van der Waals surface area contributed by atoms with Crippen LogP contribution in [-0.2, 0) is 27.3 Å². The number of likely N-dealkylation sites (tertiary alicyclic amines) is 1. The number of piperidine rings is 1. The largest absolute Gasteiger partial charge is 0.508 e. The van der Waals surface area contributed by atoms with E-state index in [2.05, 4.69) is 15.2 Å². The summed E-state index contributed by atoms with van der Waals surface area (Å²) in [5.41, 5.74) is 1.88. The molecule has 11 nitrogen and oxygen atoms in total. The predicted octanol–water partition coefficient (Wildman–Crippen LogP) is 6.88. The smallest absolute Gasteiger partial charge is 0.306 e. The Morgan fingerprint density at radius 2 is 1.67 bits per heavy atom. The van der Waals surface area contributed by atoms with Crippen LogP contribution in [0.1, 0.15) is 112 Å². The van der Waals surface area contributed by atoms with Crippen LogP contribution < -0.4 is 5.32 Å². The van der Waals surface area contributed by atoms with Gasteiger partial charge in [0.15, 0.2) is 5.78 Å². The quantitative estimate of drug-likeness (QED) is 0.0959. The summed E-state index contributed by atoms with van der Waals surface area (Å²) in [5.74, 6) is -2.64. The number of nitrogens with zero attached hydrogens (tertiary/aromatic N) is 3. The average Bonchev–Trinajstić information content (AvgIpc) is 3.67. The van der Waals surface area contributed by atoms with Gasteiger partial charge in [0, 0.05) is 42.8 Å². The molecule has 1 aromatic heterocycles. The van der Waals surface area contributed by atoms with Crippen molar-refractivity contribution in [1.82, 2.24) is 20.1 Å². The minimum atomic E-state index is -1.08. The number of amides is 2. The lowest BCUT2D eigenvalue weighted by Gasteiger charge is -2.39. The van der Waals surface area contributed by atoms with Crippen molar-refractivity contribution in [2.45, 2.75) is 117 Å². The second-order valence-electron chi connectivity index (χ2n) is 15.8. The van der Waals surface area contributed by atoms with E-state index in [9.17, 15) is 34.5 Å². The summed E-state index contributed by atoms with van der Waals surface area (Å²) in [6.45, 7) is 10.9. The first-order valence-corrected chi connectivity index (χ1v) is 20.6. The number of ketones is 1. The maximum atomic E-state index is 14.8. The molecule has 55 heavy (non-hydrogen) atoms. The highest BCUT2D eigenvalue weighted by Gasteiger charge is 2.38. The summed E-state index contributed by atoms with van der Waals surface area (Å²) in [5, 5.41) is 35.8. The third-order valence-corrected chi connectivity index (χ3v) is 12.1. The summed E-state index contributed by atoms with van der Waals surface area (Å²) >= 11 is 1.16. The molecule has 0 radical (unpaired) electrons. The number of carbonyl (C=O) groups is 4. The standard InChI is InChI=1S/C43H60N4O7S/c1-7-28(4)34(23-38(49)36-15-11-12-20-46(36)6)42(52)47(25-31-13-9-8-10-14-31)37(27(2)3)24-39(50)41-45-35(26-55-41)40(51)44-32(21-29(5)43(53)54)22-30-16-18-33(48)19-17-30/h8-10,13-14,16-19,26-29,32,34,36-37,39,48,50H,7,11-12,15,20-25H2,1-6H3,(H,44,51)(H,53,54)/t28?,29-,32+,34?,36?,37+,39+/m0/s1. The number of rotatable bonds is 20. The van der Waals surface area contributed by atoms with Crippen LogP contribution in [0.15, 0.2) is 60.0 Å². The van der Waals surface area contributed by atoms with Crippen LogP contribution in [0.4, 0.5) is 0 Å². The summed E-state index contributed by atoms with van der Waals surface area (Å²) in [6, 6.07) is 15.2. The molecule has 3 aromatic rings. The number of benzene rings is 2. The third-order valence-electron chi connectivity index (χ3n) is 11.2. The van der Waals surface area contributed by atoms with Crippen LogP contribution in [-0.4, -0.2) is 85.4 Å². The Bertz CT molecular complexity index is 1700. The lowest BCUT2D eigenvalue weighted by molar-refractivity contribution is -0.145. The zero-order chi connectivity index (χ0) is 40.2. The molecule has 0 spiro atoms. The van der Waals surface area contributed by atoms with Gasteiger partial charge in [-0.05, 0) is 74.4 Å². The van der Waals surface area contributed by atoms with Gasteiger partial charge in [0.25, 0.3) is 5.91 Å². The van der Waals surface area contributed by atoms with Gasteiger partial charge in [0.1, 0.15) is 22.6 Å². The van der Waals surface area contributed by atoms with Crippen molar-refractivity contribution in [3.05, 3.63) is 81.8 Å². The average molecular weight is 777 g/mol. The third kappa shape index (κ3) is 12.4. The summed E-state index contributed by atoms with van der Waals surface area (Å²) in [4.78, 5) is 62.3. The van der Waals surface area contributed by atoms with E-state index in [1.54, 1.807) is 36.6 Å². The molecule has 0 aliphatic carbocycles. The van der Waals surface area contributed by atoms with Crippen molar-refractivity contribution >= 4 is 34.9 Å². The van der Waals surface area contributed by atoms with Gasteiger partial charge in [-0.25, -0.2) is 4.98 Å². The molecule has 0 saturated carbocycles. The first-order valence-electron chi connectivity index (χ1n) is 19.7. The number of Topliss-reactive ketones (excluding diaryl/α,β-unsaturated/α-hetero) is 1. The maximum Gasteiger partial charge on any atom is 0.306 e. The van der Waals surface area contributed by atoms with Crippen molar-refractivity contribution in [3.63, 3.8) is 0 Å². The van der Waals surface area contributed by atoms with Gasteiger partial charge >= 0.3 is 5.97 Å². The molecular weight excluding hydrogens is 717 g/mol. The number of carbonyl (C=O) groups excluding carboxylic acids is 3. The summed E-state index contributed by atoms with van der Waals surface area (Å²) < 4.78 is 0. The normalized spacial score (nSPS) is 18.1. The molecule has 3 unspecified atom stereocenters. The number of carboxylic acids is 1. The number of aromatic hydroxyl groups is 1. The molecule has 1 saturated heterocycles. The van der Waals surface area contributed by atoms with Gasteiger partial charge in [-0.3, -0.25) is 24.1 Å². The molecule has 300 valence electrons. The number of carboxylic acid groups (broad SMARTS) is 1. The number of aliphatic hydroxyl groups is 1. The number of aliphatic hydroxyl groups excluding tert-OH is 1. The molecular formula is C43H60N4O7S. The molecule has 0 bridgehead atoms. The second-order valence-corrected chi connectivity index (χ2v) is 16.6. The molecule has 2 amide bonds. The number of hydrogen-bond donors (Lipinski definition) is 4. The molecule has 4 N–H and O–H groups in total. The molecule has 1 aliphatic rings. The first kappa shape index (κ1) is 43.6. The Balaban J connectivity index is 1.56. The number of hydrogen-bond acceptors (Lipinski definition) is 9. The highest BCUT2D eigenvalue weighted by molar-refractivity contribution is 7.09. The number of nitrogens with one attached hydrogen (secondary N) is 1. The minimum absolute atomic E-state index is 0.0299. The topological polar surface area (TPSA) is 160 Å². The van der Waals surface area contributed by atoms with Gasteiger partial charge in [-0.15, -0.1) is 11.3 Å². The second kappa shape index (κ2) is 20.7. The Morgan fingerprint density at radius 1 is 0.982 bits per heavy atom. The van der Waals surface area contributed by atoms with Gasteiger partial charge in [-0.1, -0.05) is 89.9 Å². The van der Waals surface area contributed by atoms with Crippen LogP contribution in [0.2, 0.25) is 0 Å². The number of aliphatic carboxylic acids is 1. The molecule has 7 atom stereocenters. The number of phenolic OH excluding ortho intramolecular Hbond substituents is 1. The van der Waals surface area contributed by atoms with E-state index in [4.69, 9.17) is 0 Å². The van der Waals surface area contributed by atoms with Gasteiger partial charge in [-0.2, -0.15) is 0 Å². The Hall–Kier alpha value is -4.13. The van der Waals surface area contributed by atoms with Gasteiger partial charge in [0.05, 0.1) is 12.0 Å². The molecule has 4 rings (SSSR count). The van der Waals surface area contributed by atoms with E-state index in [1.807, 2.05) is 70.0 Å². The Kier molecular flexibility index (Phi) is 16.4.